The molecule has 11 rings (SSSR count). The first-order valence-corrected chi connectivity index (χ1v) is 18.1. The van der Waals surface area contributed by atoms with Crippen LogP contribution in [0, 0.1) is 0 Å². The van der Waals surface area contributed by atoms with Gasteiger partial charge >= 0.3 is 0 Å². The number of aromatic nitrogens is 1. The SMILES string of the molecule is c1cc(-c2ccc3c(c2)oc2ccccc23)cc(N(c2cccc(-n3c4ccccc4c4ccccc43)c2)c2ccc3c(ccc4ccccc43)c2)c1. The van der Waals surface area contributed by atoms with E-state index in [2.05, 4.69) is 191 Å². The van der Waals surface area contributed by atoms with Gasteiger partial charge in [0.15, 0.2) is 0 Å². The van der Waals surface area contributed by atoms with Crippen LogP contribution in [0.15, 0.2) is 199 Å². The maximum Gasteiger partial charge on any atom is 0.136 e. The van der Waals surface area contributed by atoms with Gasteiger partial charge in [0, 0.05) is 44.3 Å². The highest BCUT2D eigenvalue weighted by molar-refractivity contribution is 6.10. The van der Waals surface area contributed by atoms with Crippen LogP contribution in [0.3, 0.4) is 0 Å². The van der Waals surface area contributed by atoms with Gasteiger partial charge in [-0.3, -0.25) is 0 Å². The van der Waals surface area contributed by atoms with E-state index in [1.54, 1.807) is 0 Å². The molecule has 3 heteroatoms. The summed E-state index contributed by atoms with van der Waals surface area (Å²) >= 11 is 0. The molecule has 0 N–H and O–H groups in total. The van der Waals surface area contributed by atoms with Crippen molar-refractivity contribution in [3.05, 3.63) is 194 Å². The third kappa shape index (κ3) is 4.75. The zero-order chi connectivity index (χ0) is 34.9. The van der Waals surface area contributed by atoms with E-state index in [-0.39, 0.29) is 0 Å². The molecule has 248 valence electrons. The van der Waals surface area contributed by atoms with Crippen molar-refractivity contribution in [2.75, 3.05) is 4.90 Å². The van der Waals surface area contributed by atoms with Gasteiger partial charge in [0.25, 0.3) is 0 Å². The summed E-state index contributed by atoms with van der Waals surface area (Å²) in [5.41, 5.74) is 10.8. The van der Waals surface area contributed by atoms with E-state index in [9.17, 15) is 0 Å². The lowest BCUT2D eigenvalue weighted by Gasteiger charge is -2.27. The minimum atomic E-state index is 0.895. The number of fused-ring (bicyclic) bond motifs is 9. The molecule has 0 saturated carbocycles. The minimum Gasteiger partial charge on any atom is -0.456 e. The normalized spacial score (nSPS) is 11.8. The highest BCUT2D eigenvalue weighted by Gasteiger charge is 2.18. The monoisotopic (exact) mass is 676 g/mol. The zero-order valence-electron chi connectivity index (χ0n) is 28.8. The van der Waals surface area contributed by atoms with Gasteiger partial charge in [0.05, 0.1) is 11.0 Å². The summed E-state index contributed by atoms with van der Waals surface area (Å²) in [6, 6.07) is 69.9. The van der Waals surface area contributed by atoms with Gasteiger partial charge in [-0.15, -0.1) is 0 Å². The Bertz CT molecular complexity index is 3150. The first-order valence-electron chi connectivity index (χ1n) is 18.1. The fourth-order valence-electron chi connectivity index (χ4n) is 8.29. The van der Waals surface area contributed by atoms with Crippen molar-refractivity contribution in [3.63, 3.8) is 0 Å². The van der Waals surface area contributed by atoms with E-state index in [1.165, 1.54) is 43.4 Å². The van der Waals surface area contributed by atoms with E-state index in [0.717, 1.165) is 55.8 Å². The smallest absolute Gasteiger partial charge is 0.136 e. The summed E-state index contributed by atoms with van der Waals surface area (Å²) in [7, 11) is 0. The average molecular weight is 677 g/mol. The molecule has 0 atom stereocenters. The first-order chi connectivity index (χ1) is 26.3. The molecule has 2 aromatic heterocycles. The predicted octanol–water partition coefficient (Wildman–Crippen LogP) is 14.1. The van der Waals surface area contributed by atoms with Gasteiger partial charge in [0.1, 0.15) is 11.2 Å². The van der Waals surface area contributed by atoms with Crippen molar-refractivity contribution >= 4 is 82.4 Å². The van der Waals surface area contributed by atoms with Crippen LogP contribution in [0.25, 0.3) is 82.1 Å². The molecule has 11 aromatic rings. The van der Waals surface area contributed by atoms with Crippen molar-refractivity contribution < 1.29 is 4.42 Å². The summed E-state index contributed by atoms with van der Waals surface area (Å²) in [6.07, 6.45) is 0. The second-order valence-corrected chi connectivity index (χ2v) is 13.8. The first kappa shape index (κ1) is 29.6. The topological polar surface area (TPSA) is 21.3 Å². The molecule has 0 aliphatic carbocycles. The molecule has 0 fully saturated rings. The Hall–Kier alpha value is -7.10. The maximum atomic E-state index is 6.30. The van der Waals surface area contributed by atoms with Crippen molar-refractivity contribution in [2.24, 2.45) is 0 Å². The summed E-state index contributed by atoms with van der Waals surface area (Å²) < 4.78 is 8.69. The molecule has 0 saturated heterocycles. The lowest BCUT2D eigenvalue weighted by Crippen LogP contribution is -2.10. The standard InChI is InChI=1S/C50H32N2O/c1-2-16-41-33(11-1)23-24-36-30-40(26-28-42(36)41)51(37-13-9-12-34(29-37)35-25-27-46-45-19-5-8-22-49(45)53-50(46)31-35)38-14-10-15-39(32-38)52-47-20-6-3-17-43(47)44-18-4-7-21-48(44)52/h1-32H. The molecule has 0 spiro atoms. The maximum absolute atomic E-state index is 6.30. The summed E-state index contributed by atoms with van der Waals surface area (Å²) in [5.74, 6) is 0. The summed E-state index contributed by atoms with van der Waals surface area (Å²) in [5, 5.41) is 9.74. The number of nitrogens with zero attached hydrogens (tertiary/aromatic N) is 2. The van der Waals surface area contributed by atoms with Crippen LogP contribution in [-0.2, 0) is 0 Å². The number of rotatable bonds is 5. The van der Waals surface area contributed by atoms with Crippen molar-refractivity contribution in [1.29, 1.82) is 0 Å². The Morgan fingerprint density at radius 2 is 0.925 bits per heavy atom. The molecule has 2 heterocycles. The Morgan fingerprint density at radius 3 is 1.75 bits per heavy atom. The van der Waals surface area contributed by atoms with Crippen molar-refractivity contribution in [2.45, 2.75) is 0 Å². The second kappa shape index (κ2) is 11.7. The number of benzene rings is 9. The molecule has 0 aliphatic rings. The van der Waals surface area contributed by atoms with Gasteiger partial charge < -0.3 is 13.9 Å². The second-order valence-electron chi connectivity index (χ2n) is 13.8. The van der Waals surface area contributed by atoms with Crippen molar-refractivity contribution in [3.8, 4) is 16.8 Å². The fraction of sp³-hybridized carbons (Fsp3) is 0. The third-order valence-corrected chi connectivity index (χ3v) is 10.7. The van der Waals surface area contributed by atoms with Crippen LogP contribution in [-0.4, -0.2) is 4.57 Å². The van der Waals surface area contributed by atoms with E-state index in [1.807, 2.05) is 12.1 Å². The Morgan fingerprint density at radius 1 is 0.340 bits per heavy atom. The quantitative estimate of drug-likeness (QED) is 0.169. The number of hydrogen-bond donors (Lipinski definition) is 0. The Balaban J connectivity index is 1.10. The van der Waals surface area contributed by atoms with Gasteiger partial charge in [-0.1, -0.05) is 121 Å². The van der Waals surface area contributed by atoms with Crippen LogP contribution < -0.4 is 4.90 Å². The van der Waals surface area contributed by atoms with E-state index in [0.29, 0.717) is 0 Å². The van der Waals surface area contributed by atoms with Crippen LogP contribution in [0.1, 0.15) is 0 Å². The van der Waals surface area contributed by atoms with Crippen LogP contribution in [0.4, 0.5) is 17.1 Å². The highest BCUT2D eigenvalue weighted by atomic mass is 16.3. The molecule has 0 radical (unpaired) electrons. The van der Waals surface area contributed by atoms with Crippen LogP contribution >= 0.6 is 0 Å². The largest absolute Gasteiger partial charge is 0.456 e. The molecule has 0 unspecified atom stereocenters. The molecule has 53 heavy (non-hydrogen) atoms. The molecule has 3 nitrogen and oxygen atoms in total. The number of furan rings is 1. The number of anilines is 3. The molecular weight excluding hydrogens is 645 g/mol. The lowest BCUT2D eigenvalue weighted by atomic mass is 10.0. The van der Waals surface area contributed by atoms with Crippen LogP contribution in [0.5, 0.6) is 0 Å². The van der Waals surface area contributed by atoms with Gasteiger partial charge in [-0.25, -0.2) is 0 Å². The average Bonchev–Trinajstić information content (AvgIpc) is 3.76. The Labute approximate surface area is 306 Å². The highest BCUT2D eigenvalue weighted by Crippen LogP contribution is 2.41. The van der Waals surface area contributed by atoms with Crippen molar-refractivity contribution in [1.82, 2.24) is 4.57 Å². The lowest BCUT2D eigenvalue weighted by molar-refractivity contribution is 0.669. The molecule has 0 aliphatic heterocycles. The molecule has 9 aromatic carbocycles. The summed E-state index contributed by atoms with van der Waals surface area (Å²) in [4.78, 5) is 2.38. The number of para-hydroxylation sites is 3. The van der Waals surface area contributed by atoms with E-state index in [4.69, 9.17) is 4.42 Å². The van der Waals surface area contributed by atoms with E-state index >= 15 is 0 Å². The molecule has 0 amide bonds. The van der Waals surface area contributed by atoms with Crippen LogP contribution in [0.2, 0.25) is 0 Å². The Kier molecular flexibility index (Phi) is 6.55. The minimum absolute atomic E-state index is 0.895. The predicted molar refractivity (Wildman–Crippen MR) is 223 cm³/mol. The fourth-order valence-corrected chi connectivity index (χ4v) is 8.29. The zero-order valence-corrected chi connectivity index (χ0v) is 28.8. The van der Waals surface area contributed by atoms with E-state index < -0.39 is 0 Å². The van der Waals surface area contributed by atoms with Gasteiger partial charge in [-0.05, 0) is 105 Å². The third-order valence-electron chi connectivity index (χ3n) is 10.7. The summed E-state index contributed by atoms with van der Waals surface area (Å²) in [6.45, 7) is 0. The van der Waals surface area contributed by atoms with Gasteiger partial charge in [0.2, 0.25) is 0 Å². The number of hydrogen-bond acceptors (Lipinski definition) is 2. The van der Waals surface area contributed by atoms with Gasteiger partial charge in [-0.2, -0.15) is 0 Å². The molecular formula is C50H32N2O. The molecule has 0 bridgehead atoms.